The summed E-state index contributed by atoms with van der Waals surface area (Å²) in [5.74, 6) is 0.517. The zero-order valence-electron chi connectivity index (χ0n) is 12.0. The van der Waals surface area contributed by atoms with Gasteiger partial charge >= 0.3 is 0 Å². The van der Waals surface area contributed by atoms with Gasteiger partial charge in [0.15, 0.2) is 0 Å². The Labute approximate surface area is 123 Å². The number of nitrogens with one attached hydrogen (secondary N) is 2. The van der Waals surface area contributed by atoms with Crippen LogP contribution in [0.1, 0.15) is 26.7 Å². The van der Waals surface area contributed by atoms with Crippen LogP contribution in [0.4, 0.5) is 11.4 Å². The molecule has 2 rings (SSSR count). The van der Waals surface area contributed by atoms with E-state index in [-0.39, 0.29) is 16.6 Å². The van der Waals surface area contributed by atoms with Gasteiger partial charge in [-0.2, -0.15) is 0 Å². The lowest BCUT2D eigenvalue weighted by Gasteiger charge is -2.32. The van der Waals surface area contributed by atoms with Crippen LogP contribution < -0.4 is 10.0 Å². The summed E-state index contributed by atoms with van der Waals surface area (Å²) in [5, 5.41) is 13.9. The van der Waals surface area contributed by atoms with Crippen LogP contribution in [0.15, 0.2) is 23.1 Å². The van der Waals surface area contributed by atoms with Crippen molar-refractivity contribution in [2.24, 2.45) is 5.92 Å². The van der Waals surface area contributed by atoms with E-state index in [1.807, 2.05) is 6.92 Å². The Balaban J connectivity index is 2.26. The molecule has 1 aromatic rings. The molecule has 1 aliphatic rings. The quantitative estimate of drug-likeness (QED) is 0.618. The number of rotatable bonds is 6. The lowest BCUT2D eigenvalue weighted by Crippen LogP contribution is -2.43. The molecule has 8 heteroatoms. The van der Waals surface area contributed by atoms with Crippen molar-refractivity contribution >= 4 is 21.4 Å². The first-order valence-corrected chi connectivity index (χ1v) is 8.36. The number of benzene rings is 1. The molecule has 0 atom stereocenters. The van der Waals surface area contributed by atoms with Gasteiger partial charge in [-0.1, -0.05) is 6.92 Å². The number of anilines is 1. The smallest absolute Gasteiger partial charge is 0.293 e. The fourth-order valence-corrected chi connectivity index (χ4v) is 3.74. The first kappa shape index (κ1) is 15.7. The molecule has 21 heavy (non-hydrogen) atoms. The Kier molecular flexibility index (Phi) is 4.48. The van der Waals surface area contributed by atoms with Crippen molar-refractivity contribution in [3.63, 3.8) is 0 Å². The van der Waals surface area contributed by atoms with E-state index in [0.717, 1.165) is 18.9 Å². The van der Waals surface area contributed by atoms with Gasteiger partial charge in [-0.3, -0.25) is 10.1 Å². The Morgan fingerprint density at radius 2 is 2.05 bits per heavy atom. The molecule has 0 heterocycles. The predicted octanol–water partition coefficient (Wildman–Crippen LogP) is 2.10. The molecule has 1 saturated carbocycles. The molecule has 0 unspecified atom stereocenters. The summed E-state index contributed by atoms with van der Waals surface area (Å²) in [6.45, 7) is 4.39. The van der Waals surface area contributed by atoms with Crippen LogP contribution in [-0.2, 0) is 10.0 Å². The predicted molar refractivity (Wildman–Crippen MR) is 79.8 cm³/mol. The average molecular weight is 313 g/mol. The lowest BCUT2D eigenvalue weighted by molar-refractivity contribution is -0.384. The van der Waals surface area contributed by atoms with Gasteiger partial charge in [0, 0.05) is 18.7 Å². The van der Waals surface area contributed by atoms with E-state index in [2.05, 4.69) is 17.0 Å². The van der Waals surface area contributed by atoms with Crippen LogP contribution in [0.3, 0.4) is 0 Å². The zero-order chi connectivity index (χ0) is 15.6. The highest BCUT2D eigenvalue weighted by atomic mass is 32.2. The minimum absolute atomic E-state index is 0.0718. The molecule has 1 fully saturated rings. The summed E-state index contributed by atoms with van der Waals surface area (Å²) < 4.78 is 27.1. The molecule has 0 bridgehead atoms. The van der Waals surface area contributed by atoms with E-state index < -0.39 is 14.9 Å². The third-order valence-electron chi connectivity index (χ3n) is 3.54. The Bertz CT molecular complexity index is 639. The maximum absolute atomic E-state index is 12.2. The highest BCUT2D eigenvalue weighted by Crippen LogP contribution is 2.30. The molecule has 1 aromatic carbocycles. The van der Waals surface area contributed by atoms with Gasteiger partial charge in [0.25, 0.3) is 5.69 Å². The summed E-state index contributed by atoms with van der Waals surface area (Å²) in [5.41, 5.74) is 0.0837. The molecule has 0 amide bonds. The Hall–Kier alpha value is -1.67. The number of hydrogen-bond acceptors (Lipinski definition) is 5. The average Bonchev–Trinajstić information content (AvgIpc) is 2.37. The summed E-state index contributed by atoms with van der Waals surface area (Å²) in [7, 11) is -3.71. The molecule has 116 valence electrons. The molecule has 0 spiro atoms. The summed E-state index contributed by atoms with van der Waals surface area (Å²) in [6.07, 6.45) is 1.60. The van der Waals surface area contributed by atoms with Crippen molar-refractivity contribution in [2.45, 2.75) is 37.6 Å². The van der Waals surface area contributed by atoms with E-state index in [0.29, 0.717) is 18.2 Å². The fourth-order valence-electron chi connectivity index (χ4n) is 2.46. The minimum atomic E-state index is -3.71. The van der Waals surface area contributed by atoms with E-state index in [1.165, 1.54) is 12.1 Å². The lowest BCUT2D eigenvalue weighted by atomic mass is 9.83. The van der Waals surface area contributed by atoms with Gasteiger partial charge in [0.2, 0.25) is 10.0 Å². The van der Waals surface area contributed by atoms with E-state index >= 15 is 0 Å². The Morgan fingerprint density at radius 3 is 2.57 bits per heavy atom. The zero-order valence-corrected chi connectivity index (χ0v) is 12.8. The second-order valence-electron chi connectivity index (χ2n) is 5.36. The minimum Gasteiger partial charge on any atom is -0.380 e. The molecule has 0 aliphatic heterocycles. The summed E-state index contributed by atoms with van der Waals surface area (Å²) >= 11 is 0. The first-order valence-electron chi connectivity index (χ1n) is 6.88. The maximum atomic E-state index is 12.2. The second kappa shape index (κ2) is 5.98. The van der Waals surface area contributed by atoms with Gasteiger partial charge in [-0.15, -0.1) is 0 Å². The third kappa shape index (κ3) is 3.51. The van der Waals surface area contributed by atoms with Crippen molar-refractivity contribution in [1.82, 2.24) is 4.72 Å². The molecular weight excluding hydrogens is 294 g/mol. The third-order valence-corrected chi connectivity index (χ3v) is 5.06. The van der Waals surface area contributed by atoms with Gasteiger partial charge < -0.3 is 5.32 Å². The molecule has 0 saturated heterocycles. The number of nitrogens with zero attached hydrogens (tertiary/aromatic N) is 1. The summed E-state index contributed by atoms with van der Waals surface area (Å²) in [6, 6.07) is 3.84. The topological polar surface area (TPSA) is 101 Å². The monoisotopic (exact) mass is 313 g/mol. The number of hydrogen-bond donors (Lipinski definition) is 2. The Morgan fingerprint density at radius 1 is 1.38 bits per heavy atom. The van der Waals surface area contributed by atoms with Gasteiger partial charge in [-0.05, 0) is 37.8 Å². The van der Waals surface area contributed by atoms with Crippen molar-refractivity contribution in [2.75, 3.05) is 11.9 Å². The van der Waals surface area contributed by atoms with Crippen LogP contribution in [0.25, 0.3) is 0 Å². The standard InChI is InChI=1S/C13H19N3O4S/c1-3-14-12-5-4-11(8-13(12)16(17)18)21(19,20)15-10-6-9(2)7-10/h4-5,8-10,14-15H,3,6-7H2,1-2H3. The molecule has 1 aliphatic carbocycles. The van der Waals surface area contributed by atoms with Crippen LogP contribution in [0.5, 0.6) is 0 Å². The molecule has 0 radical (unpaired) electrons. The normalized spacial score (nSPS) is 21.6. The van der Waals surface area contributed by atoms with Crippen LogP contribution in [-0.4, -0.2) is 25.9 Å². The van der Waals surface area contributed by atoms with Gasteiger partial charge in [-0.25, -0.2) is 13.1 Å². The van der Waals surface area contributed by atoms with Gasteiger partial charge in [0.1, 0.15) is 5.69 Å². The highest BCUT2D eigenvalue weighted by molar-refractivity contribution is 7.89. The molecule has 0 aromatic heterocycles. The molecular formula is C13H19N3O4S. The van der Waals surface area contributed by atoms with Crippen molar-refractivity contribution in [1.29, 1.82) is 0 Å². The highest BCUT2D eigenvalue weighted by Gasteiger charge is 2.30. The number of nitro benzene ring substituents is 1. The van der Waals surface area contributed by atoms with Crippen molar-refractivity contribution in [3.8, 4) is 0 Å². The van der Waals surface area contributed by atoms with Crippen LogP contribution in [0.2, 0.25) is 0 Å². The number of nitro groups is 1. The van der Waals surface area contributed by atoms with E-state index in [4.69, 9.17) is 0 Å². The van der Waals surface area contributed by atoms with Gasteiger partial charge in [0.05, 0.1) is 9.82 Å². The maximum Gasteiger partial charge on any atom is 0.293 e. The van der Waals surface area contributed by atoms with E-state index in [9.17, 15) is 18.5 Å². The molecule has 7 nitrogen and oxygen atoms in total. The van der Waals surface area contributed by atoms with Crippen LogP contribution in [0, 0.1) is 16.0 Å². The summed E-state index contributed by atoms with van der Waals surface area (Å²) in [4.78, 5) is 10.4. The SMILES string of the molecule is CCNc1ccc(S(=O)(=O)NC2CC(C)C2)cc1[N+](=O)[O-]. The van der Waals surface area contributed by atoms with E-state index in [1.54, 1.807) is 0 Å². The molecule has 2 N–H and O–H groups in total. The fraction of sp³-hybridized carbons (Fsp3) is 0.538. The number of sulfonamides is 1. The van der Waals surface area contributed by atoms with Crippen LogP contribution >= 0.6 is 0 Å². The van der Waals surface area contributed by atoms with Crippen molar-refractivity contribution in [3.05, 3.63) is 28.3 Å². The van der Waals surface area contributed by atoms with Crippen molar-refractivity contribution < 1.29 is 13.3 Å². The largest absolute Gasteiger partial charge is 0.380 e. The first-order chi connectivity index (χ1) is 9.83. The second-order valence-corrected chi connectivity index (χ2v) is 7.08.